The summed E-state index contributed by atoms with van der Waals surface area (Å²) in [5.74, 6) is -0.00431. The molecule has 96 valence electrons. The standard InChI is InChI=1S/C8H13N3O4S2/c12-16(13)3-1-2-7(5-16)11-17(14,15)8-4-9-6-10-8/h4,6-7,11H,1-3,5H2,(H,9,10). The predicted molar refractivity (Wildman–Crippen MR) is 60.6 cm³/mol. The fourth-order valence-corrected chi connectivity index (χ4v) is 4.70. The zero-order valence-electron chi connectivity index (χ0n) is 8.96. The van der Waals surface area contributed by atoms with E-state index in [0.717, 1.165) is 0 Å². The van der Waals surface area contributed by atoms with Crippen molar-refractivity contribution in [2.75, 3.05) is 11.5 Å². The number of rotatable bonds is 3. The molecule has 0 spiro atoms. The van der Waals surface area contributed by atoms with Gasteiger partial charge in [0.05, 0.1) is 24.0 Å². The summed E-state index contributed by atoms with van der Waals surface area (Å²) in [4.78, 5) is 6.09. The maximum Gasteiger partial charge on any atom is 0.257 e. The van der Waals surface area contributed by atoms with Crippen LogP contribution >= 0.6 is 0 Å². The highest BCUT2D eigenvalue weighted by Crippen LogP contribution is 2.14. The number of aromatic nitrogens is 2. The molecule has 9 heteroatoms. The monoisotopic (exact) mass is 279 g/mol. The molecule has 1 aromatic heterocycles. The summed E-state index contributed by atoms with van der Waals surface area (Å²) in [6, 6.07) is -0.554. The molecular formula is C8H13N3O4S2. The molecule has 1 aliphatic rings. The van der Waals surface area contributed by atoms with Crippen molar-refractivity contribution in [2.24, 2.45) is 0 Å². The van der Waals surface area contributed by atoms with Gasteiger partial charge in [-0.1, -0.05) is 0 Å². The van der Waals surface area contributed by atoms with Crippen LogP contribution in [0.15, 0.2) is 17.6 Å². The van der Waals surface area contributed by atoms with Crippen molar-refractivity contribution in [3.63, 3.8) is 0 Å². The normalized spacial score (nSPS) is 24.6. The number of aromatic amines is 1. The molecule has 0 aromatic carbocycles. The lowest BCUT2D eigenvalue weighted by atomic mass is 10.2. The van der Waals surface area contributed by atoms with Crippen LogP contribution in [0.1, 0.15) is 12.8 Å². The van der Waals surface area contributed by atoms with E-state index in [-0.39, 0.29) is 16.5 Å². The van der Waals surface area contributed by atoms with E-state index in [4.69, 9.17) is 0 Å². The summed E-state index contributed by atoms with van der Waals surface area (Å²) >= 11 is 0. The third kappa shape index (κ3) is 3.05. The number of hydrogen-bond donors (Lipinski definition) is 2. The molecule has 1 atom stereocenters. The second kappa shape index (κ2) is 4.39. The zero-order valence-corrected chi connectivity index (χ0v) is 10.6. The topological polar surface area (TPSA) is 109 Å². The van der Waals surface area contributed by atoms with E-state index in [0.29, 0.717) is 12.8 Å². The largest absolute Gasteiger partial charge is 0.335 e. The Labute approximate surface area is 99.6 Å². The summed E-state index contributed by atoms with van der Waals surface area (Å²) in [5, 5.41) is -0.0551. The highest BCUT2D eigenvalue weighted by atomic mass is 32.2. The molecule has 17 heavy (non-hydrogen) atoms. The van der Waals surface area contributed by atoms with Crippen LogP contribution in [0, 0.1) is 0 Å². The SMILES string of the molecule is O=S1(=O)CCCC(NS(=O)(=O)c2cnc[nH]2)C1. The van der Waals surface area contributed by atoms with Gasteiger partial charge in [0.15, 0.2) is 14.9 Å². The first kappa shape index (κ1) is 12.5. The minimum absolute atomic E-state index is 0.0551. The second-order valence-corrected chi connectivity index (χ2v) is 7.90. The highest BCUT2D eigenvalue weighted by Gasteiger charge is 2.29. The minimum Gasteiger partial charge on any atom is -0.335 e. The van der Waals surface area contributed by atoms with Gasteiger partial charge in [-0.05, 0) is 12.8 Å². The number of sulfone groups is 1. The summed E-state index contributed by atoms with van der Waals surface area (Å²) < 4.78 is 48.7. The molecule has 0 bridgehead atoms. The number of nitrogens with zero attached hydrogens (tertiary/aromatic N) is 1. The van der Waals surface area contributed by atoms with Crippen molar-refractivity contribution >= 4 is 19.9 Å². The summed E-state index contributed by atoms with van der Waals surface area (Å²) in [5.41, 5.74) is 0. The van der Waals surface area contributed by atoms with E-state index in [1.165, 1.54) is 12.5 Å². The van der Waals surface area contributed by atoms with Gasteiger partial charge in [0.25, 0.3) is 10.0 Å². The lowest BCUT2D eigenvalue weighted by molar-refractivity contribution is 0.516. The van der Waals surface area contributed by atoms with Crippen LogP contribution in [0.3, 0.4) is 0 Å². The fourth-order valence-electron chi connectivity index (χ4n) is 1.79. The van der Waals surface area contributed by atoms with Crippen molar-refractivity contribution in [3.05, 3.63) is 12.5 Å². The van der Waals surface area contributed by atoms with Crippen LogP contribution in [0.2, 0.25) is 0 Å². The van der Waals surface area contributed by atoms with Crippen LogP contribution in [0.25, 0.3) is 0 Å². The Morgan fingerprint density at radius 1 is 1.47 bits per heavy atom. The molecule has 0 saturated carbocycles. The first-order chi connectivity index (χ1) is 7.89. The van der Waals surface area contributed by atoms with Crippen LogP contribution in [0.4, 0.5) is 0 Å². The van der Waals surface area contributed by atoms with E-state index in [1.807, 2.05) is 0 Å². The van der Waals surface area contributed by atoms with Crippen molar-refractivity contribution in [3.8, 4) is 0 Å². The van der Waals surface area contributed by atoms with Gasteiger partial charge in [-0.3, -0.25) is 0 Å². The Kier molecular flexibility index (Phi) is 3.23. The molecule has 1 fully saturated rings. The summed E-state index contributed by atoms with van der Waals surface area (Å²) in [6.07, 6.45) is 3.46. The number of H-pyrrole nitrogens is 1. The Morgan fingerprint density at radius 3 is 2.82 bits per heavy atom. The maximum atomic E-state index is 11.8. The van der Waals surface area contributed by atoms with Gasteiger partial charge in [0.2, 0.25) is 0 Å². The van der Waals surface area contributed by atoms with E-state index in [9.17, 15) is 16.8 Å². The quantitative estimate of drug-likeness (QED) is 0.758. The molecule has 7 nitrogen and oxygen atoms in total. The molecule has 2 rings (SSSR count). The number of sulfonamides is 1. The molecule has 2 heterocycles. The Hall–Kier alpha value is -0.930. The van der Waals surface area contributed by atoms with E-state index < -0.39 is 25.9 Å². The number of hydrogen-bond acceptors (Lipinski definition) is 5. The molecule has 1 aliphatic heterocycles. The lowest BCUT2D eigenvalue weighted by Crippen LogP contribution is -2.43. The number of nitrogens with one attached hydrogen (secondary N) is 2. The van der Waals surface area contributed by atoms with Crippen molar-refractivity contribution in [1.82, 2.24) is 14.7 Å². The van der Waals surface area contributed by atoms with E-state index in [1.54, 1.807) is 0 Å². The average molecular weight is 279 g/mol. The zero-order chi connectivity index (χ0) is 12.5. The Balaban J connectivity index is 2.12. The third-order valence-electron chi connectivity index (χ3n) is 2.55. The summed E-state index contributed by atoms with van der Waals surface area (Å²) in [7, 11) is -6.83. The molecular weight excluding hydrogens is 266 g/mol. The molecule has 1 aromatic rings. The summed E-state index contributed by atoms with van der Waals surface area (Å²) in [6.45, 7) is 0. The smallest absolute Gasteiger partial charge is 0.257 e. The van der Waals surface area contributed by atoms with Crippen LogP contribution in [0.5, 0.6) is 0 Å². The molecule has 0 radical (unpaired) electrons. The fraction of sp³-hybridized carbons (Fsp3) is 0.625. The maximum absolute atomic E-state index is 11.8. The van der Waals surface area contributed by atoms with Crippen molar-refractivity contribution in [1.29, 1.82) is 0 Å². The molecule has 1 saturated heterocycles. The van der Waals surface area contributed by atoms with Crippen LogP contribution < -0.4 is 4.72 Å². The van der Waals surface area contributed by atoms with E-state index in [2.05, 4.69) is 14.7 Å². The van der Waals surface area contributed by atoms with Crippen LogP contribution in [-0.4, -0.2) is 44.4 Å². The first-order valence-electron chi connectivity index (χ1n) is 5.10. The highest BCUT2D eigenvalue weighted by molar-refractivity contribution is 7.91. The van der Waals surface area contributed by atoms with Gasteiger partial charge < -0.3 is 4.98 Å². The van der Waals surface area contributed by atoms with Gasteiger partial charge in [0.1, 0.15) is 0 Å². The Morgan fingerprint density at radius 2 is 2.24 bits per heavy atom. The molecule has 0 aliphatic carbocycles. The predicted octanol–water partition coefficient (Wildman–Crippen LogP) is -0.735. The van der Waals surface area contributed by atoms with Crippen molar-refractivity contribution in [2.45, 2.75) is 23.9 Å². The van der Waals surface area contributed by atoms with Gasteiger partial charge >= 0.3 is 0 Å². The lowest BCUT2D eigenvalue weighted by Gasteiger charge is -2.22. The third-order valence-corrected chi connectivity index (χ3v) is 5.81. The van der Waals surface area contributed by atoms with Crippen molar-refractivity contribution < 1.29 is 16.8 Å². The Bertz CT molecular complexity index is 576. The van der Waals surface area contributed by atoms with Gasteiger partial charge in [-0.2, -0.15) is 0 Å². The minimum atomic E-state index is -3.70. The van der Waals surface area contributed by atoms with Gasteiger partial charge in [-0.15, -0.1) is 0 Å². The number of imidazole rings is 1. The average Bonchev–Trinajstić information content (AvgIpc) is 2.67. The second-order valence-electron chi connectivity index (χ2n) is 3.99. The van der Waals surface area contributed by atoms with E-state index >= 15 is 0 Å². The van der Waals surface area contributed by atoms with Crippen LogP contribution in [-0.2, 0) is 19.9 Å². The first-order valence-corrected chi connectivity index (χ1v) is 8.41. The van der Waals surface area contributed by atoms with Gasteiger partial charge in [0, 0.05) is 6.04 Å². The molecule has 0 amide bonds. The molecule has 2 N–H and O–H groups in total. The molecule has 1 unspecified atom stereocenters. The van der Waals surface area contributed by atoms with Gasteiger partial charge in [-0.25, -0.2) is 26.5 Å².